The Labute approximate surface area is 116 Å². The van der Waals surface area contributed by atoms with Gasteiger partial charge in [0.05, 0.1) is 0 Å². The molecule has 3 heteroatoms. The summed E-state index contributed by atoms with van der Waals surface area (Å²) in [5.74, 6) is 1.63. The molecule has 0 N–H and O–H groups in total. The standard InChI is InChI=1S/C16H26N2O/c19-16-12-9-13(15-6-2-4-8-18(15)16)11-17-7-3-1-5-14(17)10-12/h12-15H,1-11H2/t12-,13+,14+,15+/m0/s1. The van der Waals surface area contributed by atoms with Gasteiger partial charge in [0.15, 0.2) is 0 Å². The van der Waals surface area contributed by atoms with Gasteiger partial charge in [-0.15, -0.1) is 0 Å². The van der Waals surface area contributed by atoms with Crippen molar-refractivity contribution in [3.05, 3.63) is 0 Å². The van der Waals surface area contributed by atoms with Crippen LogP contribution in [0.1, 0.15) is 51.4 Å². The molecule has 106 valence electrons. The second-order valence-electron chi connectivity index (χ2n) is 7.17. The number of rotatable bonds is 0. The summed E-state index contributed by atoms with van der Waals surface area (Å²) in [4.78, 5) is 17.7. The van der Waals surface area contributed by atoms with Gasteiger partial charge in [0.2, 0.25) is 5.91 Å². The number of nitrogens with zero attached hydrogens (tertiary/aromatic N) is 2. The highest BCUT2D eigenvalue weighted by Crippen LogP contribution is 2.41. The molecular formula is C16H26N2O. The van der Waals surface area contributed by atoms with Crippen LogP contribution in [0, 0.1) is 11.8 Å². The normalized spacial score (nSPS) is 43.4. The highest BCUT2D eigenvalue weighted by atomic mass is 16.2. The first kappa shape index (κ1) is 12.2. The van der Waals surface area contributed by atoms with Crippen molar-refractivity contribution < 1.29 is 4.79 Å². The fraction of sp³-hybridized carbons (Fsp3) is 0.938. The summed E-state index contributed by atoms with van der Waals surface area (Å²) in [7, 11) is 0. The number of fused-ring (bicyclic) bond motifs is 5. The summed E-state index contributed by atoms with van der Waals surface area (Å²) >= 11 is 0. The monoisotopic (exact) mass is 262 g/mol. The van der Waals surface area contributed by atoms with Crippen LogP contribution in [0.5, 0.6) is 0 Å². The van der Waals surface area contributed by atoms with Crippen molar-refractivity contribution >= 4 is 5.91 Å². The molecule has 4 aliphatic heterocycles. The second kappa shape index (κ2) is 4.76. The fourth-order valence-corrected chi connectivity index (χ4v) is 5.17. The summed E-state index contributed by atoms with van der Waals surface area (Å²) in [5.41, 5.74) is 0. The number of hydrogen-bond donors (Lipinski definition) is 0. The lowest BCUT2D eigenvalue weighted by molar-refractivity contribution is -0.146. The molecule has 4 saturated heterocycles. The number of carbonyl (C=O) groups excluding carboxylic acids is 1. The van der Waals surface area contributed by atoms with Gasteiger partial charge in [-0.2, -0.15) is 0 Å². The van der Waals surface area contributed by atoms with Crippen LogP contribution in [-0.2, 0) is 4.79 Å². The maximum atomic E-state index is 12.7. The molecule has 4 heterocycles. The average molecular weight is 262 g/mol. The molecule has 3 nitrogen and oxygen atoms in total. The Bertz CT molecular complexity index is 370. The molecule has 2 bridgehead atoms. The van der Waals surface area contributed by atoms with E-state index in [0.717, 1.165) is 18.9 Å². The lowest BCUT2D eigenvalue weighted by atomic mass is 9.78. The van der Waals surface area contributed by atoms with E-state index in [-0.39, 0.29) is 0 Å². The minimum atomic E-state index is 0.354. The largest absolute Gasteiger partial charge is 0.339 e. The van der Waals surface area contributed by atoms with Gasteiger partial charge in [-0.1, -0.05) is 6.42 Å². The number of hydrogen-bond acceptors (Lipinski definition) is 2. The van der Waals surface area contributed by atoms with Crippen LogP contribution in [0.3, 0.4) is 0 Å². The lowest BCUT2D eigenvalue weighted by Gasteiger charge is -2.46. The molecule has 4 atom stereocenters. The van der Waals surface area contributed by atoms with E-state index in [0.29, 0.717) is 23.9 Å². The Balaban J connectivity index is 1.62. The van der Waals surface area contributed by atoms with Crippen LogP contribution in [-0.4, -0.2) is 47.4 Å². The minimum Gasteiger partial charge on any atom is -0.339 e. The SMILES string of the molecule is O=C1[C@H]2C[C@H](CN3CCCC[C@@H]3C2)[C@H]2CCCCN12. The van der Waals surface area contributed by atoms with Crippen molar-refractivity contribution in [3.63, 3.8) is 0 Å². The highest BCUT2D eigenvalue weighted by Gasteiger charge is 2.46. The van der Waals surface area contributed by atoms with Gasteiger partial charge in [0.1, 0.15) is 0 Å². The molecule has 0 aromatic rings. The zero-order valence-corrected chi connectivity index (χ0v) is 11.9. The summed E-state index contributed by atoms with van der Waals surface area (Å²) in [6, 6.07) is 1.30. The Kier molecular flexibility index (Phi) is 3.06. The summed E-state index contributed by atoms with van der Waals surface area (Å²) < 4.78 is 0. The summed E-state index contributed by atoms with van der Waals surface area (Å²) in [6.07, 6.45) is 10.2. The molecule has 0 aliphatic carbocycles. The number of carbonyl (C=O) groups is 1. The van der Waals surface area contributed by atoms with Crippen molar-refractivity contribution in [2.45, 2.75) is 63.5 Å². The molecule has 4 rings (SSSR count). The Morgan fingerprint density at radius 2 is 1.79 bits per heavy atom. The van der Waals surface area contributed by atoms with Crippen molar-refractivity contribution in [1.29, 1.82) is 0 Å². The third kappa shape index (κ3) is 2.01. The van der Waals surface area contributed by atoms with Crippen LogP contribution in [0.15, 0.2) is 0 Å². The van der Waals surface area contributed by atoms with E-state index in [4.69, 9.17) is 0 Å². The summed E-state index contributed by atoms with van der Waals surface area (Å²) in [6.45, 7) is 3.60. The minimum absolute atomic E-state index is 0.354. The smallest absolute Gasteiger partial charge is 0.226 e. The predicted octanol–water partition coefficient (Wildman–Crippen LogP) is 2.26. The Hall–Kier alpha value is -0.570. The van der Waals surface area contributed by atoms with Crippen LogP contribution in [0.2, 0.25) is 0 Å². The Morgan fingerprint density at radius 1 is 0.947 bits per heavy atom. The van der Waals surface area contributed by atoms with E-state index in [1.165, 1.54) is 58.0 Å². The van der Waals surface area contributed by atoms with E-state index >= 15 is 0 Å². The van der Waals surface area contributed by atoms with Crippen LogP contribution >= 0.6 is 0 Å². The van der Waals surface area contributed by atoms with E-state index in [1.54, 1.807) is 0 Å². The van der Waals surface area contributed by atoms with Crippen molar-refractivity contribution in [2.75, 3.05) is 19.6 Å². The maximum Gasteiger partial charge on any atom is 0.226 e. The average Bonchev–Trinajstić information content (AvgIpc) is 2.63. The van der Waals surface area contributed by atoms with E-state index in [1.807, 2.05) is 0 Å². The van der Waals surface area contributed by atoms with Gasteiger partial charge in [0, 0.05) is 31.1 Å². The first-order valence-corrected chi connectivity index (χ1v) is 8.37. The molecule has 1 amide bonds. The van der Waals surface area contributed by atoms with Gasteiger partial charge in [0.25, 0.3) is 0 Å². The van der Waals surface area contributed by atoms with Crippen LogP contribution in [0.4, 0.5) is 0 Å². The zero-order chi connectivity index (χ0) is 12.8. The van der Waals surface area contributed by atoms with E-state index in [9.17, 15) is 4.79 Å². The van der Waals surface area contributed by atoms with Crippen LogP contribution in [0.25, 0.3) is 0 Å². The van der Waals surface area contributed by atoms with Gasteiger partial charge < -0.3 is 9.80 Å². The molecule has 0 radical (unpaired) electrons. The molecular weight excluding hydrogens is 236 g/mol. The Morgan fingerprint density at radius 3 is 2.74 bits per heavy atom. The van der Waals surface area contributed by atoms with Gasteiger partial charge in [-0.3, -0.25) is 4.79 Å². The predicted molar refractivity (Wildman–Crippen MR) is 74.8 cm³/mol. The van der Waals surface area contributed by atoms with Crippen molar-refractivity contribution in [3.8, 4) is 0 Å². The molecule has 0 aromatic carbocycles. The topological polar surface area (TPSA) is 23.6 Å². The lowest BCUT2D eigenvalue weighted by Crippen LogP contribution is -2.55. The van der Waals surface area contributed by atoms with E-state index in [2.05, 4.69) is 9.80 Å². The second-order valence-corrected chi connectivity index (χ2v) is 7.17. The molecule has 0 aromatic heterocycles. The maximum absolute atomic E-state index is 12.7. The number of piperidine rings is 3. The van der Waals surface area contributed by atoms with E-state index < -0.39 is 0 Å². The third-order valence-corrected chi connectivity index (χ3v) is 6.09. The van der Waals surface area contributed by atoms with Crippen molar-refractivity contribution in [2.24, 2.45) is 11.8 Å². The van der Waals surface area contributed by atoms with Gasteiger partial charge in [-0.25, -0.2) is 0 Å². The quantitative estimate of drug-likeness (QED) is 0.668. The molecule has 0 saturated carbocycles. The molecule has 0 unspecified atom stereocenters. The van der Waals surface area contributed by atoms with Gasteiger partial charge in [-0.05, 0) is 57.4 Å². The fourth-order valence-electron chi connectivity index (χ4n) is 5.17. The third-order valence-electron chi connectivity index (χ3n) is 6.09. The first-order chi connectivity index (χ1) is 9.33. The molecule has 19 heavy (non-hydrogen) atoms. The number of amides is 1. The zero-order valence-electron chi connectivity index (χ0n) is 11.9. The summed E-state index contributed by atoms with van der Waals surface area (Å²) in [5, 5.41) is 0. The first-order valence-electron chi connectivity index (χ1n) is 8.37. The van der Waals surface area contributed by atoms with Crippen molar-refractivity contribution in [1.82, 2.24) is 9.80 Å². The molecule has 0 spiro atoms. The van der Waals surface area contributed by atoms with Gasteiger partial charge >= 0.3 is 0 Å². The molecule has 4 fully saturated rings. The molecule has 4 aliphatic rings. The van der Waals surface area contributed by atoms with Crippen LogP contribution < -0.4 is 0 Å². The highest BCUT2D eigenvalue weighted by molar-refractivity contribution is 5.80.